The molecule has 0 aliphatic heterocycles. The average molecular weight is 232 g/mol. The highest BCUT2D eigenvalue weighted by molar-refractivity contribution is 7.99. The predicted molar refractivity (Wildman–Crippen MR) is 64.4 cm³/mol. The van der Waals surface area contributed by atoms with E-state index in [1.54, 1.807) is 11.8 Å². The Balaban J connectivity index is 2.42. The Bertz CT molecular complexity index is 577. The minimum Gasteiger partial charge on any atom is -0.258 e. The fourth-order valence-corrected chi connectivity index (χ4v) is 2.27. The van der Waals surface area contributed by atoms with Gasteiger partial charge in [0.25, 0.3) is 0 Å². The summed E-state index contributed by atoms with van der Waals surface area (Å²) in [6, 6.07) is 1.93. The molecule has 0 amide bonds. The third-order valence-corrected chi connectivity index (χ3v) is 2.92. The monoisotopic (exact) mass is 232 g/mol. The molecule has 2 rings (SSSR count). The normalized spacial score (nSPS) is 10.2. The lowest BCUT2D eigenvalue weighted by atomic mass is 10.4. The second-order valence-corrected chi connectivity index (χ2v) is 4.28. The van der Waals surface area contributed by atoms with E-state index in [9.17, 15) is 0 Å². The van der Waals surface area contributed by atoms with Crippen molar-refractivity contribution < 1.29 is 0 Å². The van der Waals surface area contributed by atoms with Crippen molar-refractivity contribution in [2.45, 2.75) is 25.9 Å². The Hall–Kier alpha value is -1.54. The van der Waals surface area contributed by atoms with Gasteiger partial charge in [-0.15, -0.1) is 16.1 Å². The summed E-state index contributed by atoms with van der Waals surface area (Å²) < 4.78 is 1.95. The van der Waals surface area contributed by atoms with Gasteiger partial charge >= 0.3 is 0 Å². The molecular formula is C11H12N4S. The largest absolute Gasteiger partial charge is 0.258 e. The van der Waals surface area contributed by atoms with Gasteiger partial charge in [-0.1, -0.05) is 17.7 Å². The molecule has 2 aromatic heterocycles. The zero-order valence-electron chi connectivity index (χ0n) is 9.48. The molecule has 2 aromatic rings. The van der Waals surface area contributed by atoms with Gasteiger partial charge in [-0.05, 0) is 20.8 Å². The molecule has 0 aromatic carbocycles. The number of hydrogen-bond acceptors (Lipinski definition) is 4. The van der Waals surface area contributed by atoms with Crippen LogP contribution in [0.2, 0.25) is 0 Å². The first-order valence-corrected chi connectivity index (χ1v) is 5.92. The molecule has 0 aliphatic rings. The number of aryl methyl sites for hydroxylation is 2. The number of thioether (sulfide) groups is 1. The Morgan fingerprint density at radius 2 is 2.19 bits per heavy atom. The van der Waals surface area contributed by atoms with Crippen LogP contribution in [0, 0.1) is 25.7 Å². The van der Waals surface area contributed by atoms with Crippen LogP contribution in [0.4, 0.5) is 0 Å². The van der Waals surface area contributed by atoms with Crippen LogP contribution in [0.15, 0.2) is 11.2 Å². The minimum absolute atomic E-state index is 0.727. The van der Waals surface area contributed by atoms with E-state index >= 15 is 0 Å². The first-order valence-electron chi connectivity index (χ1n) is 4.94. The molecule has 0 unspecified atom stereocenters. The van der Waals surface area contributed by atoms with Crippen molar-refractivity contribution >= 4 is 17.4 Å². The minimum atomic E-state index is 0.727. The number of nitrogens with zero attached hydrogens (tertiary/aromatic N) is 4. The highest BCUT2D eigenvalue weighted by Gasteiger charge is 2.08. The van der Waals surface area contributed by atoms with Gasteiger partial charge in [0, 0.05) is 11.8 Å². The average Bonchev–Trinajstić information content (AvgIpc) is 2.62. The molecule has 0 saturated carbocycles. The number of rotatable bonds is 2. The summed E-state index contributed by atoms with van der Waals surface area (Å²) in [5, 5.41) is 9.11. The molecule has 0 spiro atoms. The van der Waals surface area contributed by atoms with Gasteiger partial charge in [0.15, 0.2) is 10.8 Å². The van der Waals surface area contributed by atoms with E-state index in [4.69, 9.17) is 0 Å². The zero-order chi connectivity index (χ0) is 11.5. The first kappa shape index (κ1) is 11.0. The van der Waals surface area contributed by atoms with Gasteiger partial charge in [0.1, 0.15) is 5.82 Å². The van der Waals surface area contributed by atoms with Crippen LogP contribution in [0.5, 0.6) is 0 Å². The van der Waals surface area contributed by atoms with Gasteiger partial charge in [-0.2, -0.15) is 0 Å². The standard InChI is InChI=1S/C11H12N4S/c1-4-5-6-16-11-14-13-10-7-8(2)12-9(3)15(10)11/h7H,6H2,1-3H3. The van der Waals surface area contributed by atoms with Crippen molar-refractivity contribution in [1.29, 1.82) is 0 Å². The van der Waals surface area contributed by atoms with Crippen LogP contribution < -0.4 is 0 Å². The quantitative estimate of drug-likeness (QED) is 0.585. The van der Waals surface area contributed by atoms with E-state index in [0.717, 1.165) is 28.1 Å². The Morgan fingerprint density at radius 1 is 1.38 bits per heavy atom. The van der Waals surface area contributed by atoms with Crippen LogP contribution >= 0.6 is 11.8 Å². The molecule has 0 fully saturated rings. The maximum atomic E-state index is 4.40. The number of aromatic nitrogens is 4. The third kappa shape index (κ3) is 2.02. The third-order valence-electron chi connectivity index (χ3n) is 2.11. The summed E-state index contributed by atoms with van der Waals surface area (Å²) >= 11 is 1.58. The second-order valence-electron chi connectivity index (χ2n) is 3.34. The van der Waals surface area contributed by atoms with Crippen LogP contribution in [-0.4, -0.2) is 25.3 Å². The maximum absolute atomic E-state index is 4.40. The first-order chi connectivity index (χ1) is 7.72. The van der Waals surface area contributed by atoms with Crippen LogP contribution in [0.3, 0.4) is 0 Å². The topological polar surface area (TPSA) is 43.1 Å². The smallest absolute Gasteiger partial charge is 0.197 e. The Kier molecular flexibility index (Phi) is 3.11. The highest BCUT2D eigenvalue weighted by atomic mass is 32.2. The fraction of sp³-hybridized carbons (Fsp3) is 0.364. The Labute approximate surface area is 98.5 Å². The van der Waals surface area contributed by atoms with Crippen molar-refractivity contribution in [3.8, 4) is 11.8 Å². The number of fused-ring (bicyclic) bond motifs is 1. The van der Waals surface area contributed by atoms with Crippen molar-refractivity contribution in [3.63, 3.8) is 0 Å². The molecule has 2 heterocycles. The van der Waals surface area contributed by atoms with Gasteiger partial charge in [-0.3, -0.25) is 4.40 Å². The molecule has 0 N–H and O–H groups in total. The van der Waals surface area contributed by atoms with E-state index in [0.29, 0.717) is 0 Å². The van der Waals surface area contributed by atoms with E-state index in [1.807, 2.05) is 31.2 Å². The summed E-state index contributed by atoms with van der Waals surface area (Å²) in [4.78, 5) is 4.40. The second kappa shape index (κ2) is 4.54. The molecule has 0 bridgehead atoms. The van der Waals surface area contributed by atoms with Crippen molar-refractivity contribution in [2.75, 3.05) is 5.75 Å². The van der Waals surface area contributed by atoms with E-state index < -0.39 is 0 Å². The predicted octanol–water partition coefficient (Wildman–Crippen LogP) is 1.86. The fourth-order valence-electron chi connectivity index (χ4n) is 1.47. The molecule has 5 heteroatoms. The van der Waals surface area contributed by atoms with E-state index in [1.165, 1.54) is 0 Å². The van der Waals surface area contributed by atoms with Crippen LogP contribution in [0.25, 0.3) is 5.65 Å². The van der Waals surface area contributed by atoms with Crippen molar-refractivity contribution in [3.05, 3.63) is 17.6 Å². The van der Waals surface area contributed by atoms with Gasteiger partial charge in [0.05, 0.1) is 5.75 Å². The number of hydrogen-bond donors (Lipinski definition) is 0. The summed E-state index contributed by atoms with van der Waals surface area (Å²) in [7, 11) is 0. The molecule has 0 saturated heterocycles. The molecular weight excluding hydrogens is 220 g/mol. The van der Waals surface area contributed by atoms with Gasteiger partial charge in [0.2, 0.25) is 0 Å². The maximum Gasteiger partial charge on any atom is 0.197 e. The molecule has 0 atom stereocenters. The van der Waals surface area contributed by atoms with Crippen LogP contribution in [-0.2, 0) is 0 Å². The summed E-state index contributed by atoms with van der Waals surface area (Å²) in [6.07, 6.45) is 0. The lowest BCUT2D eigenvalue weighted by Gasteiger charge is -2.02. The van der Waals surface area contributed by atoms with Crippen molar-refractivity contribution in [2.24, 2.45) is 0 Å². The zero-order valence-corrected chi connectivity index (χ0v) is 10.3. The molecule has 0 radical (unpaired) electrons. The highest BCUT2D eigenvalue weighted by Crippen LogP contribution is 2.17. The van der Waals surface area contributed by atoms with Crippen LogP contribution in [0.1, 0.15) is 18.4 Å². The summed E-state index contributed by atoms with van der Waals surface area (Å²) in [5.74, 6) is 7.49. The molecule has 0 aliphatic carbocycles. The van der Waals surface area contributed by atoms with E-state index in [-0.39, 0.29) is 0 Å². The Morgan fingerprint density at radius 3 is 2.94 bits per heavy atom. The summed E-state index contributed by atoms with van der Waals surface area (Å²) in [6.45, 7) is 5.74. The molecule has 16 heavy (non-hydrogen) atoms. The summed E-state index contributed by atoms with van der Waals surface area (Å²) in [5.41, 5.74) is 1.80. The SMILES string of the molecule is CC#CCSc1nnc2cc(C)nc(C)n12. The van der Waals surface area contributed by atoms with Crippen molar-refractivity contribution in [1.82, 2.24) is 19.6 Å². The van der Waals surface area contributed by atoms with E-state index in [2.05, 4.69) is 27.0 Å². The lowest BCUT2D eigenvalue weighted by molar-refractivity contribution is 0.855. The van der Waals surface area contributed by atoms with Gasteiger partial charge in [-0.25, -0.2) is 4.98 Å². The lowest BCUT2D eigenvalue weighted by Crippen LogP contribution is -1.98. The molecule has 4 nitrogen and oxygen atoms in total. The van der Waals surface area contributed by atoms with Gasteiger partial charge < -0.3 is 0 Å². The molecule has 82 valence electrons.